The van der Waals surface area contributed by atoms with Crippen molar-refractivity contribution in [1.29, 1.82) is 0 Å². The number of benzene rings is 2. The Kier molecular flexibility index (Phi) is 6.20. The Bertz CT molecular complexity index is 808. The van der Waals surface area contributed by atoms with Gasteiger partial charge in [-0.2, -0.15) is 13.2 Å². The normalized spacial score (nSPS) is 20.7. The lowest BCUT2D eigenvalue weighted by atomic mass is 9.86. The summed E-state index contributed by atoms with van der Waals surface area (Å²) in [7, 11) is 0. The fourth-order valence-corrected chi connectivity index (χ4v) is 3.43. The number of piperidine rings is 1. The van der Waals surface area contributed by atoms with Crippen molar-refractivity contribution in [3.63, 3.8) is 0 Å². The van der Waals surface area contributed by atoms with Gasteiger partial charge in [0.2, 0.25) is 0 Å². The van der Waals surface area contributed by atoms with Crippen LogP contribution in [0.1, 0.15) is 35.4 Å². The molecule has 0 bridgehead atoms. The van der Waals surface area contributed by atoms with Crippen LogP contribution in [-0.4, -0.2) is 35.7 Å². The number of rotatable bonds is 3. The molecule has 5 heteroatoms. The number of aliphatic hydroxyl groups excluding tert-OH is 1. The van der Waals surface area contributed by atoms with E-state index in [9.17, 15) is 18.3 Å². The second kappa shape index (κ2) is 8.60. The van der Waals surface area contributed by atoms with Crippen LogP contribution in [0.2, 0.25) is 0 Å². The van der Waals surface area contributed by atoms with E-state index < -0.39 is 17.8 Å². The van der Waals surface area contributed by atoms with E-state index in [2.05, 4.69) is 16.7 Å². The zero-order chi connectivity index (χ0) is 19.3. The minimum atomic E-state index is -4.36. The maximum absolute atomic E-state index is 12.9. The predicted molar refractivity (Wildman–Crippen MR) is 99.2 cm³/mol. The second-order valence-electron chi connectivity index (χ2n) is 6.80. The van der Waals surface area contributed by atoms with Gasteiger partial charge < -0.3 is 5.11 Å². The Morgan fingerprint density at radius 2 is 1.85 bits per heavy atom. The first-order valence-electron chi connectivity index (χ1n) is 9.05. The van der Waals surface area contributed by atoms with Crippen molar-refractivity contribution >= 4 is 0 Å². The summed E-state index contributed by atoms with van der Waals surface area (Å²) in [6.07, 6.45) is -3.71. The van der Waals surface area contributed by atoms with Gasteiger partial charge >= 0.3 is 6.18 Å². The summed E-state index contributed by atoms with van der Waals surface area (Å²) in [6, 6.07) is 15.1. The third kappa shape index (κ3) is 5.35. The van der Waals surface area contributed by atoms with Gasteiger partial charge in [0.25, 0.3) is 0 Å². The Labute approximate surface area is 157 Å². The predicted octanol–water partition coefficient (Wildman–Crippen LogP) is 4.30. The second-order valence-corrected chi connectivity index (χ2v) is 6.80. The first-order chi connectivity index (χ1) is 12.9. The molecule has 0 spiro atoms. The van der Waals surface area contributed by atoms with Crippen LogP contribution in [-0.2, 0) is 6.18 Å². The molecular weight excluding hydrogens is 351 g/mol. The van der Waals surface area contributed by atoms with Crippen molar-refractivity contribution < 1.29 is 18.3 Å². The number of aliphatic hydroxyl groups is 1. The molecule has 1 aliphatic heterocycles. The number of nitrogens with zero attached hydrogens (tertiary/aromatic N) is 1. The highest BCUT2D eigenvalue weighted by Crippen LogP contribution is 2.34. The number of likely N-dealkylation sites (tertiary alicyclic amines) is 1. The number of hydrogen-bond donors (Lipinski definition) is 1. The van der Waals surface area contributed by atoms with E-state index in [1.54, 1.807) is 6.07 Å². The van der Waals surface area contributed by atoms with Gasteiger partial charge in [-0.25, -0.2) is 0 Å². The van der Waals surface area contributed by atoms with Crippen LogP contribution < -0.4 is 0 Å². The van der Waals surface area contributed by atoms with Gasteiger partial charge in [0.05, 0.1) is 11.7 Å². The molecule has 0 saturated carbocycles. The lowest BCUT2D eigenvalue weighted by Gasteiger charge is -2.36. The van der Waals surface area contributed by atoms with E-state index in [-0.39, 0.29) is 5.92 Å². The average Bonchev–Trinajstić information content (AvgIpc) is 2.66. The number of hydrogen-bond acceptors (Lipinski definition) is 2. The zero-order valence-corrected chi connectivity index (χ0v) is 14.9. The SMILES string of the molecule is OC1CN(CCC#Cc2ccccc2)CCC1c1cccc(C(F)(F)F)c1. The molecule has 0 aromatic heterocycles. The van der Waals surface area contributed by atoms with Crippen molar-refractivity contribution in [2.24, 2.45) is 0 Å². The Balaban J connectivity index is 1.54. The largest absolute Gasteiger partial charge is 0.416 e. The first-order valence-corrected chi connectivity index (χ1v) is 9.05. The number of alkyl halides is 3. The van der Waals surface area contributed by atoms with Gasteiger partial charge in [0.15, 0.2) is 0 Å². The lowest BCUT2D eigenvalue weighted by Crippen LogP contribution is -2.43. The summed E-state index contributed by atoms with van der Waals surface area (Å²) in [6.45, 7) is 1.94. The molecule has 27 heavy (non-hydrogen) atoms. The Morgan fingerprint density at radius 3 is 2.56 bits per heavy atom. The molecule has 1 N–H and O–H groups in total. The summed E-state index contributed by atoms with van der Waals surface area (Å²) >= 11 is 0. The summed E-state index contributed by atoms with van der Waals surface area (Å²) in [4.78, 5) is 2.12. The minimum absolute atomic E-state index is 0.265. The molecule has 2 atom stereocenters. The summed E-state index contributed by atoms with van der Waals surface area (Å²) in [5, 5.41) is 10.5. The number of β-amino-alcohol motifs (C(OH)–C–C–N with tert-alkyl or cyclic N) is 1. The van der Waals surface area contributed by atoms with Gasteiger partial charge in [-0.15, -0.1) is 0 Å². The molecule has 0 radical (unpaired) electrons. The van der Waals surface area contributed by atoms with Gasteiger partial charge in [0.1, 0.15) is 0 Å². The fraction of sp³-hybridized carbons (Fsp3) is 0.364. The molecule has 2 unspecified atom stereocenters. The third-order valence-corrected chi connectivity index (χ3v) is 4.87. The van der Waals surface area contributed by atoms with Crippen LogP contribution in [0.4, 0.5) is 13.2 Å². The molecular formula is C22H22F3NO. The van der Waals surface area contributed by atoms with E-state index in [1.807, 2.05) is 30.3 Å². The molecule has 3 rings (SSSR count). The summed E-state index contributed by atoms with van der Waals surface area (Å²) in [5.41, 5.74) is 0.868. The molecule has 1 heterocycles. The topological polar surface area (TPSA) is 23.5 Å². The van der Waals surface area contributed by atoms with Crippen LogP contribution in [0.3, 0.4) is 0 Å². The van der Waals surface area contributed by atoms with E-state index in [4.69, 9.17) is 0 Å². The van der Waals surface area contributed by atoms with E-state index in [1.165, 1.54) is 6.07 Å². The van der Waals surface area contributed by atoms with Gasteiger partial charge in [-0.05, 0) is 36.7 Å². The van der Waals surface area contributed by atoms with Gasteiger partial charge in [-0.3, -0.25) is 4.90 Å². The van der Waals surface area contributed by atoms with Crippen molar-refractivity contribution in [2.45, 2.75) is 31.0 Å². The quantitative estimate of drug-likeness (QED) is 0.811. The molecule has 2 nitrogen and oxygen atoms in total. The highest BCUT2D eigenvalue weighted by atomic mass is 19.4. The van der Waals surface area contributed by atoms with Gasteiger partial charge in [-0.1, -0.05) is 48.2 Å². The van der Waals surface area contributed by atoms with E-state index in [0.29, 0.717) is 24.9 Å². The van der Waals surface area contributed by atoms with Crippen LogP contribution >= 0.6 is 0 Å². The van der Waals surface area contributed by atoms with Gasteiger partial charge in [0, 0.05) is 31.0 Å². The van der Waals surface area contributed by atoms with Crippen LogP contribution in [0, 0.1) is 11.8 Å². The molecule has 1 fully saturated rings. The third-order valence-electron chi connectivity index (χ3n) is 4.87. The fourth-order valence-electron chi connectivity index (χ4n) is 3.43. The van der Waals surface area contributed by atoms with Crippen molar-refractivity contribution in [2.75, 3.05) is 19.6 Å². The average molecular weight is 373 g/mol. The maximum atomic E-state index is 12.9. The van der Waals surface area contributed by atoms with Crippen LogP contribution in [0.5, 0.6) is 0 Å². The molecule has 142 valence electrons. The number of halogens is 3. The minimum Gasteiger partial charge on any atom is -0.391 e. The van der Waals surface area contributed by atoms with Crippen molar-refractivity contribution in [3.8, 4) is 11.8 Å². The van der Waals surface area contributed by atoms with Crippen LogP contribution in [0.25, 0.3) is 0 Å². The Morgan fingerprint density at radius 1 is 1.07 bits per heavy atom. The molecule has 1 aliphatic rings. The van der Waals surface area contributed by atoms with E-state index in [0.717, 1.165) is 30.8 Å². The highest BCUT2D eigenvalue weighted by Gasteiger charge is 2.33. The van der Waals surface area contributed by atoms with E-state index >= 15 is 0 Å². The summed E-state index contributed by atoms with van der Waals surface area (Å²) < 4.78 is 38.7. The van der Waals surface area contributed by atoms with Crippen molar-refractivity contribution in [1.82, 2.24) is 4.90 Å². The standard InChI is InChI=1S/C22H22F3NO/c23-22(24,25)19-11-6-10-18(15-19)20-12-14-26(16-21(20)27)13-5-4-9-17-7-2-1-3-8-17/h1-3,6-8,10-11,15,20-21,27H,5,12-14,16H2. The van der Waals surface area contributed by atoms with Crippen molar-refractivity contribution in [3.05, 3.63) is 71.3 Å². The molecule has 2 aromatic carbocycles. The molecule has 0 amide bonds. The monoisotopic (exact) mass is 373 g/mol. The Hall–Kier alpha value is -2.29. The zero-order valence-electron chi connectivity index (χ0n) is 14.9. The smallest absolute Gasteiger partial charge is 0.391 e. The summed E-state index contributed by atoms with van der Waals surface area (Å²) in [5.74, 6) is 5.97. The molecule has 2 aromatic rings. The first kappa shape index (κ1) is 19.5. The molecule has 1 saturated heterocycles. The highest BCUT2D eigenvalue weighted by molar-refractivity contribution is 5.33. The maximum Gasteiger partial charge on any atom is 0.416 e. The molecule has 0 aliphatic carbocycles. The lowest BCUT2D eigenvalue weighted by molar-refractivity contribution is -0.137. The van der Waals surface area contributed by atoms with Crippen LogP contribution in [0.15, 0.2) is 54.6 Å².